The lowest BCUT2D eigenvalue weighted by atomic mass is 10.2. The highest BCUT2D eigenvalue weighted by Gasteiger charge is 2.09. The van der Waals surface area contributed by atoms with Crippen LogP contribution in [0.3, 0.4) is 0 Å². The van der Waals surface area contributed by atoms with Crippen LogP contribution in [0.4, 0.5) is 0 Å². The molecule has 0 unspecified atom stereocenters. The van der Waals surface area contributed by atoms with Gasteiger partial charge >= 0.3 is 0 Å². The Morgan fingerprint density at radius 1 is 1.20 bits per heavy atom. The summed E-state index contributed by atoms with van der Waals surface area (Å²) in [6.45, 7) is 6.23. The van der Waals surface area contributed by atoms with Crippen LogP contribution in [0.25, 0.3) is 0 Å². The van der Waals surface area contributed by atoms with Crippen molar-refractivity contribution in [2.45, 2.75) is 30.3 Å². The van der Waals surface area contributed by atoms with Crippen LogP contribution in [-0.4, -0.2) is 11.5 Å². The lowest BCUT2D eigenvalue weighted by Crippen LogP contribution is -2.19. The molecule has 20 heavy (non-hydrogen) atoms. The van der Waals surface area contributed by atoms with Crippen molar-refractivity contribution in [3.63, 3.8) is 0 Å². The van der Waals surface area contributed by atoms with Crippen LogP contribution in [0, 0.1) is 5.92 Å². The molecule has 1 heterocycles. The molecule has 2 nitrogen and oxygen atoms in total. The van der Waals surface area contributed by atoms with Crippen LogP contribution >= 0.6 is 23.4 Å². The van der Waals surface area contributed by atoms with Crippen LogP contribution in [0.2, 0.25) is 5.02 Å². The molecule has 0 aliphatic rings. The topological polar surface area (TPSA) is 24.9 Å². The molecule has 0 bridgehead atoms. The third-order valence-electron chi connectivity index (χ3n) is 2.76. The monoisotopic (exact) mass is 306 g/mol. The summed E-state index contributed by atoms with van der Waals surface area (Å²) in [7, 11) is 0. The van der Waals surface area contributed by atoms with E-state index in [4.69, 9.17) is 11.6 Å². The second kappa shape index (κ2) is 7.67. The molecule has 2 aromatic rings. The van der Waals surface area contributed by atoms with Crippen molar-refractivity contribution in [3.8, 4) is 0 Å². The summed E-state index contributed by atoms with van der Waals surface area (Å²) in [6.07, 6.45) is 1.80. The zero-order chi connectivity index (χ0) is 14.4. The molecule has 0 aliphatic carbocycles. The molecule has 1 aromatic carbocycles. The fraction of sp³-hybridized carbons (Fsp3) is 0.312. The average molecular weight is 307 g/mol. The van der Waals surface area contributed by atoms with Crippen molar-refractivity contribution in [3.05, 3.63) is 53.2 Å². The van der Waals surface area contributed by atoms with Gasteiger partial charge in [0.15, 0.2) is 0 Å². The summed E-state index contributed by atoms with van der Waals surface area (Å²) >= 11 is 7.96. The maximum absolute atomic E-state index is 6.34. The second-order valence-corrected chi connectivity index (χ2v) is 6.46. The number of aromatic nitrogens is 1. The highest BCUT2D eigenvalue weighted by molar-refractivity contribution is 7.99. The van der Waals surface area contributed by atoms with Gasteiger partial charge in [-0.15, -0.1) is 0 Å². The summed E-state index contributed by atoms with van der Waals surface area (Å²) in [5, 5.41) is 5.21. The Balaban J connectivity index is 2.14. The Labute approximate surface area is 130 Å². The van der Waals surface area contributed by atoms with Crippen LogP contribution in [0.1, 0.15) is 19.4 Å². The van der Waals surface area contributed by atoms with Gasteiger partial charge in [-0.1, -0.05) is 55.4 Å². The molecule has 0 amide bonds. The fourth-order valence-electron chi connectivity index (χ4n) is 1.81. The number of nitrogens with one attached hydrogen (secondary N) is 1. The van der Waals surface area contributed by atoms with Crippen LogP contribution < -0.4 is 5.32 Å². The van der Waals surface area contributed by atoms with E-state index in [9.17, 15) is 0 Å². The van der Waals surface area contributed by atoms with Crippen LogP contribution in [0.5, 0.6) is 0 Å². The summed E-state index contributed by atoms with van der Waals surface area (Å²) in [5.41, 5.74) is 1.22. The first-order valence-corrected chi connectivity index (χ1v) is 7.93. The molecule has 106 valence electrons. The molecule has 2 rings (SSSR count). The summed E-state index contributed by atoms with van der Waals surface area (Å²) in [5.74, 6) is 0.640. The standard InChI is InChI=1S/C16H19ClN2S/c1-12(2)10-18-11-13-6-5-7-14(17)16(13)20-15-8-3-4-9-19-15/h3-9,12,18H,10-11H2,1-2H3. The molecular weight excluding hydrogens is 288 g/mol. The zero-order valence-electron chi connectivity index (χ0n) is 11.8. The maximum Gasteiger partial charge on any atom is 0.101 e. The number of hydrogen-bond donors (Lipinski definition) is 1. The fourth-order valence-corrected chi connectivity index (χ4v) is 3.03. The maximum atomic E-state index is 6.34. The van der Waals surface area contributed by atoms with Gasteiger partial charge in [-0.05, 0) is 36.2 Å². The molecule has 0 saturated carbocycles. The molecule has 0 fully saturated rings. The minimum Gasteiger partial charge on any atom is -0.312 e. The van der Waals surface area contributed by atoms with E-state index < -0.39 is 0 Å². The zero-order valence-corrected chi connectivity index (χ0v) is 13.3. The van der Waals surface area contributed by atoms with Crippen molar-refractivity contribution in [1.29, 1.82) is 0 Å². The predicted molar refractivity (Wildman–Crippen MR) is 86.4 cm³/mol. The third kappa shape index (κ3) is 4.51. The predicted octanol–water partition coefficient (Wildman–Crippen LogP) is 4.63. The number of pyridine rings is 1. The number of halogens is 1. The third-order valence-corrected chi connectivity index (χ3v) is 4.32. The molecule has 0 aliphatic heterocycles. The summed E-state index contributed by atoms with van der Waals surface area (Å²) in [6, 6.07) is 11.9. The summed E-state index contributed by atoms with van der Waals surface area (Å²) < 4.78 is 0. The van der Waals surface area contributed by atoms with Crippen molar-refractivity contribution in [2.75, 3.05) is 6.54 Å². The minimum absolute atomic E-state index is 0.640. The largest absolute Gasteiger partial charge is 0.312 e. The number of benzene rings is 1. The van der Waals surface area contributed by atoms with Gasteiger partial charge in [0.1, 0.15) is 5.03 Å². The van der Waals surface area contributed by atoms with Gasteiger partial charge in [-0.3, -0.25) is 0 Å². The van der Waals surface area contributed by atoms with E-state index in [1.54, 1.807) is 18.0 Å². The van der Waals surface area contributed by atoms with Gasteiger partial charge in [0, 0.05) is 17.6 Å². The van der Waals surface area contributed by atoms with Gasteiger partial charge < -0.3 is 5.32 Å². The van der Waals surface area contributed by atoms with Crippen molar-refractivity contribution >= 4 is 23.4 Å². The van der Waals surface area contributed by atoms with Crippen LogP contribution in [-0.2, 0) is 6.54 Å². The van der Waals surface area contributed by atoms with Gasteiger partial charge in [0.05, 0.1) is 5.02 Å². The SMILES string of the molecule is CC(C)CNCc1cccc(Cl)c1Sc1ccccn1. The Morgan fingerprint density at radius 2 is 2.05 bits per heavy atom. The first-order valence-electron chi connectivity index (χ1n) is 6.74. The van der Waals surface area contributed by atoms with E-state index in [1.807, 2.05) is 30.3 Å². The van der Waals surface area contributed by atoms with Crippen molar-refractivity contribution in [1.82, 2.24) is 10.3 Å². The normalized spacial score (nSPS) is 11.0. The first kappa shape index (κ1) is 15.4. The number of nitrogens with zero attached hydrogens (tertiary/aromatic N) is 1. The molecule has 1 N–H and O–H groups in total. The van der Waals surface area contributed by atoms with E-state index >= 15 is 0 Å². The van der Waals surface area contributed by atoms with Crippen molar-refractivity contribution in [2.24, 2.45) is 5.92 Å². The average Bonchev–Trinajstić information content (AvgIpc) is 2.43. The number of hydrogen-bond acceptors (Lipinski definition) is 3. The highest BCUT2D eigenvalue weighted by Crippen LogP contribution is 2.34. The van der Waals surface area contributed by atoms with E-state index in [0.29, 0.717) is 5.92 Å². The molecule has 0 saturated heterocycles. The molecular formula is C16H19ClN2S. The van der Waals surface area contributed by atoms with Gasteiger partial charge in [0.2, 0.25) is 0 Å². The summed E-state index contributed by atoms with van der Waals surface area (Å²) in [4.78, 5) is 5.44. The van der Waals surface area contributed by atoms with E-state index in [0.717, 1.165) is 28.0 Å². The Kier molecular flexibility index (Phi) is 5.89. The lowest BCUT2D eigenvalue weighted by molar-refractivity contribution is 0.550. The second-order valence-electron chi connectivity index (χ2n) is 5.02. The van der Waals surface area contributed by atoms with E-state index in [2.05, 4.69) is 30.2 Å². The molecule has 0 atom stereocenters. The Bertz CT molecular complexity index is 543. The van der Waals surface area contributed by atoms with Gasteiger partial charge in [-0.2, -0.15) is 0 Å². The lowest BCUT2D eigenvalue weighted by Gasteiger charge is -2.12. The molecule has 0 radical (unpaired) electrons. The molecule has 4 heteroatoms. The minimum atomic E-state index is 0.640. The number of rotatable bonds is 6. The quantitative estimate of drug-likeness (QED) is 0.842. The highest BCUT2D eigenvalue weighted by atomic mass is 35.5. The molecule has 1 aromatic heterocycles. The van der Waals surface area contributed by atoms with Gasteiger partial charge in [0.25, 0.3) is 0 Å². The smallest absolute Gasteiger partial charge is 0.101 e. The Morgan fingerprint density at radius 3 is 2.75 bits per heavy atom. The van der Waals surface area contributed by atoms with E-state index in [1.165, 1.54) is 5.56 Å². The van der Waals surface area contributed by atoms with E-state index in [-0.39, 0.29) is 0 Å². The van der Waals surface area contributed by atoms with Gasteiger partial charge in [-0.25, -0.2) is 4.98 Å². The van der Waals surface area contributed by atoms with Crippen molar-refractivity contribution < 1.29 is 0 Å². The molecule has 0 spiro atoms. The first-order chi connectivity index (χ1) is 9.66. The Hall–Kier alpha value is -1.03. The van der Waals surface area contributed by atoms with Crippen LogP contribution in [0.15, 0.2) is 52.5 Å².